The van der Waals surface area contributed by atoms with Gasteiger partial charge in [0.25, 0.3) is 0 Å². The van der Waals surface area contributed by atoms with Crippen LogP contribution in [0, 0.1) is 5.82 Å². The van der Waals surface area contributed by atoms with E-state index < -0.39 is 0 Å². The third kappa shape index (κ3) is 2.80. The molecule has 0 aromatic heterocycles. The summed E-state index contributed by atoms with van der Waals surface area (Å²) in [7, 11) is 3.47. The number of nitrogens with one attached hydrogen (secondary N) is 1. The van der Waals surface area contributed by atoms with Crippen LogP contribution in [0.15, 0.2) is 42.5 Å². The minimum Gasteiger partial charge on any atom is -0.496 e. The van der Waals surface area contributed by atoms with E-state index in [4.69, 9.17) is 4.74 Å². The van der Waals surface area contributed by atoms with E-state index in [1.807, 2.05) is 31.3 Å². The monoisotopic (exact) mass is 245 g/mol. The van der Waals surface area contributed by atoms with Crippen LogP contribution in [0.25, 0.3) is 0 Å². The van der Waals surface area contributed by atoms with Gasteiger partial charge in [0, 0.05) is 24.7 Å². The molecule has 0 bridgehead atoms. The van der Waals surface area contributed by atoms with Gasteiger partial charge in [0.1, 0.15) is 11.6 Å². The van der Waals surface area contributed by atoms with Gasteiger partial charge >= 0.3 is 0 Å². The maximum atomic E-state index is 13.3. The lowest BCUT2D eigenvalue weighted by atomic mass is 10.0. The van der Waals surface area contributed by atoms with E-state index in [0.717, 1.165) is 16.8 Å². The lowest BCUT2D eigenvalue weighted by molar-refractivity contribution is 0.409. The van der Waals surface area contributed by atoms with Crippen LogP contribution in [0.4, 0.5) is 10.1 Å². The molecule has 0 aliphatic heterocycles. The van der Waals surface area contributed by atoms with Gasteiger partial charge in [-0.05, 0) is 35.9 Å². The van der Waals surface area contributed by atoms with Crippen LogP contribution in [0.2, 0.25) is 0 Å². The second-order valence-corrected chi connectivity index (χ2v) is 4.08. The summed E-state index contributed by atoms with van der Waals surface area (Å²) in [5, 5.41) is 3.09. The Hall–Kier alpha value is -2.03. The summed E-state index contributed by atoms with van der Waals surface area (Å²) < 4.78 is 18.5. The van der Waals surface area contributed by atoms with E-state index in [1.165, 1.54) is 12.1 Å². The Balaban J connectivity index is 2.29. The van der Waals surface area contributed by atoms with Crippen molar-refractivity contribution in [3.63, 3.8) is 0 Å². The first-order valence-corrected chi connectivity index (χ1v) is 5.82. The number of rotatable bonds is 4. The van der Waals surface area contributed by atoms with Crippen LogP contribution in [-0.2, 0) is 6.42 Å². The van der Waals surface area contributed by atoms with Gasteiger partial charge in [0.05, 0.1) is 7.11 Å². The molecule has 2 nitrogen and oxygen atoms in total. The Bertz CT molecular complexity index is 540. The summed E-state index contributed by atoms with van der Waals surface area (Å²) in [6, 6.07) is 12.6. The van der Waals surface area contributed by atoms with Gasteiger partial charge in [0.15, 0.2) is 0 Å². The van der Waals surface area contributed by atoms with Gasteiger partial charge in [0.2, 0.25) is 0 Å². The molecule has 0 atom stereocenters. The Morgan fingerprint density at radius 3 is 2.72 bits per heavy atom. The van der Waals surface area contributed by atoms with Crippen molar-refractivity contribution in [1.29, 1.82) is 0 Å². The molecule has 0 aliphatic carbocycles. The van der Waals surface area contributed by atoms with Gasteiger partial charge in [-0.15, -0.1) is 0 Å². The number of methoxy groups -OCH3 is 1. The standard InChI is InChI=1S/C15H16FNO/c1-17-14-5-3-4-11(9-14)8-12-10-13(16)6-7-15(12)18-2/h3-7,9-10,17H,8H2,1-2H3. The van der Waals surface area contributed by atoms with Gasteiger partial charge in [-0.2, -0.15) is 0 Å². The molecule has 0 aliphatic rings. The minimum atomic E-state index is -0.240. The summed E-state index contributed by atoms with van der Waals surface area (Å²) in [5.41, 5.74) is 3.01. The average molecular weight is 245 g/mol. The molecule has 1 N–H and O–H groups in total. The molecule has 2 rings (SSSR count). The molecule has 2 aromatic carbocycles. The predicted molar refractivity (Wildman–Crippen MR) is 71.7 cm³/mol. The smallest absolute Gasteiger partial charge is 0.123 e. The molecular weight excluding hydrogens is 229 g/mol. The minimum absolute atomic E-state index is 0.240. The topological polar surface area (TPSA) is 21.3 Å². The molecule has 0 saturated carbocycles. The number of ether oxygens (including phenoxy) is 1. The van der Waals surface area contributed by atoms with Crippen LogP contribution < -0.4 is 10.1 Å². The van der Waals surface area contributed by atoms with Crippen molar-refractivity contribution in [3.05, 3.63) is 59.4 Å². The molecule has 0 radical (unpaired) electrons. The number of hydrogen-bond donors (Lipinski definition) is 1. The molecule has 0 saturated heterocycles. The Morgan fingerprint density at radius 2 is 2.00 bits per heavy atom. The summed E-state index contributed by atoms with van der Waals surface area (Å²) in [5.74, 6) is 0.474. The molecule has 18 heavy (non-hydrogen) atoms. The molecular formula is C15H16FNO. The van der Waals surface area contributed by atoms with E-state index >= 15 is 0 Å². The molecule has 3 heteroatoms. The van der Waals surface area contributed by atoms with Gasteiger partial charge in [-0.3, -0.25) is 0 Å². The molecule has 94 valence electrons. The third-order valence-electron chi connectivity index (χ3n) is 2.85. The maximum absolute atomic E-state index is 13.3. The van der Waals surface area contributed by atoms with Crippen molar-refractivity contribution in [1.82, 2.24) is 0 Å². The maximum Gasteiger partial charge on any atom is 0.123 e. The first-order chi connectivity index (χ1) is 8.72. The van der Waals surface area contributed by atoms with Crippen molar-refractivity contribution in [2.45, 2.75) is 6.42 Å². The lowest BCUT2D eigenvalue weighted by Crippen LogP contribution is -1.96. The van der Waals surface area contributed by atoms with Crippen LogP contribution in [0.1, 0.15) is 11.1 Å². The normalized spacial score (nSPS) is 10.2. The van der Waals surface area contributed by atoms with Gasteiger partial charge in [-0.25, -0.2) is 4.39 Å². The van der Waals surface area contributed by atoms with Crippen molar-refractivity contribution < 1.29 is 9.13 Å². The molecule has 2 aromatic rings. The first-order valence-electron chi connectivity index (χ1n) is 5.82. The van der Waals surface area contributed by atoms with Gasteiger partial charge in [-0.1, -0.05) is 12.1 Å². The van der Waals surface area contributed by atoms with Crippen LogP contribution in [-0.4, -0.2) is 14.2 Å². The van der Waals surface area contributed by atoms with Crippen LogP contribution >= 0.6 is 0 Å². The summed E-state index contributed by atoms with van der Waals surface area (Å²) in [4.78, 5) is 0. The first kappa shape index (κ1) is 12.4. The average Bonchev–Trinajstić information content (AvgIpc) is 2.39. The van der Waals surface area contributed by atoms with Crippen LogP contribution in [0.3, 0.4) is 0 Å². The van der Waals surface area contributed by atoms with Crippen LogP contribution in [0.5, 0.6) is 5.75 Å². The van der Waals surface area contributed by atoms with Crippen molar-refractivity contribution in [3.8, 4) is 5.75 Å². The highest BCUT2D eigenvalue weighted by Crippen LogP contribution is 2.23. The van der Waals surface area contributed by atoms with Crippen molar-refractivity contribution in [2.75, 3.05) is 19.5 Å². The second kappa shape index (κ2) is 5.54. The highest BCUT2D eigenvalue weighted by molar-refractivity contribution is 5.47. The summed E-state index contributed by atoms with van der Waals surface area (Å²) >= 11 is 0. The van der Waals surface area contributed by atoms with Gasteiger partial charge < -0.3 is 10.1 Å². The number of anilines is 1. The zero-order valence-corrected chi connectivity index (χ0v) is 10.5. The molecule has 0 amide bonds. The van der Waals surface area contributed by atoms with E-state index in [2.05, 4.69) is 5.32 Å². The Labute approximate surface area is 106 Å². The zero-order chi connectivity index (χ0) is 13.0. The van der Waals surface area contributed by atoms with Crippen molar-refractivity contribution in [2.24, 2.45) is 0 Å². The summed E-state index contributed by atoms with van der Waals surface area (Å²) in [6.07, 6.45) is 0.649. The highest BCUT2D eigenvalue weighted by atomic mass is 19.1. The largest absolute Gasteiger partial charge is 0.496 e. The predicted octanol–water partition coefficient (Wildman–Crippen LogP) is 3.47. The molecule has 0 heterocycles. The lowest BCUT2D eigenvalue weighted by Gasteiger charge is -2.09. The van der Waals surface area contributed by atoms with Crippen molar-refractivity contribution >= 4 is 5.69 Å². The quantitative estimate of drug-likeness (QED) is 0.890. The molecule has 0 fully saturated rings. The summed E-state index contributed by atoms with van der Waals surface area (Å²) in [6.45, 7) is 0. The number of benzene rings is 2. The van der Waals surface area contributed by atoms with E-state index in [1.54, 1.807) is 13.2 Å². The van der Waals surface area contributed by atoms with E-state index in [9.17, 15) is 4.39 Å². The Kier molecular flexibility index (Phi) is 3.82. The second-order valence-electron chi connectivity index (χ2n) is 4.08. The Morgan fingerprint density at radius 1 is 1.17 bits per heavy atom. The van der Waals surface area contributed by atoms with E-state index in [0.29, 0.717) is 12.2 Å². The number of halogens is 1. The SMILES string of the molecule is CNc1cccc(Cc2cc(F)ccc2OC)c1. The molecule has 0 unspecified atom stereocenters. The fourth-order valence-electron chi connectivity index (χ4n) is 1.94. The fourth-order valence-corrected chi connectivity index (χ4v) is 1.94. The zero-order valence-electron chi connectivity index (χ0n) is 10.5. The van der Waals surface area contributed by atoms with E-state index in [-0.39, 0.29) is 5.82 Å². The fraction of sp³-hybridized carbons (Fsp3) is 0.200. The third-order valence-corrected chi connectivity index (χ3v) is 2.85. The molecule has 0 spiro atoms. The number of hydrogen-bond acceptors (Lipinski definition) is 2. The highest BCUT2D eigenvalue weighted by Gasteiger charge is 2.06.